The summed E-state index contributed by atoms with van der Waals surface area (Å²) in [6.45, 7) is 5.40. The standard InChI is InChI=1S/C29H32N4O4/c1-20-4-7-22(8-5-20)30-23-9-10-25-24(19-23)28(33-13-16-36-17-14-33)32-29(31-25)37-15-12-21-6-11-26(34-2)27(18-21)35-3/h4-11,18-19,30H,12-17H2,1-3H3. The molecule has 1 aliphatic rings. The number of morpholine rings is 1. The minimum absolute atomic E-state index is 0.369. The molecule has 5 rings (SSSR count). The molecule has 4 aromatic rings. The largest absolute Gasteiger partial charge is 0.493 e. The van der Waals surface area contributed by atoms with Gasteiger partial charge in [0.05, 0.1) is 39.6 Å². The van der Waals surface area contributed by atoms with Crippen LogP contribution in [-0.4, -0.2) is 57.1 Å². The number of anilines is 3. The van der Waals surface area contributed by atoms with Crippen LogP contribution in [0.4, 0.5) is 17.2 Å². The average molecular weight is 501 g/mol. The van der Waals surface area contributed by atoms with E-state index in [2.05, 4.69) is 47.5 Å². The van der Waals surface area contributed by atoms with Crippen molar-refractivity contribution in [3.63, 3.8) is 0 Å². The molecule has 2 heterocycles. The van der Waals surface area contributed by atoms with Gasteiger partial charge < -0.3 is 29.2 Å². The van der Waals surface area contributed by atoms with E-state index in [1.807, 2.05) is 30.3 Å². The fraction of sp³-hybridized carbons (Fsp3) is 0.310. The second-order valence-electron chi connectivity index (χ2n) is 8.94. The van der Waals surface area contributed by atoms with Crippen LogP contribution in [0.1, 0.15) is 11.1 Å². The SMILES string of the molecule is COc1ccc(CCOc2nc(N3CCOCC3)c3cc(Nc4ccc(C)cc4)ccc3n2)cc1OC. The van der Waals surface area contributed by atoms with Gasteiger partial charge in [0.15, 0.2) is 11.5 Å². The highest BCUT2D eigenvalue weighted by Crippen LogP contribution is 2.31. The van der Waals surface area contributed by atoms with Gasteiger partial charge in [0.2, 0.25) is 0 Å². The molecule has 1 N–H and O–H groups in total. The molecule has 0 unspecified atom stereocenters. The monoisotopic (exact) mass is 500 g/mol. The van der Waals surface area contributed by atoms with Gasteiger partial charge in [-0.2, -0.15) is 9.97 Å². The first kappa shape index (κ1) is 24.6. The maximum atomic E-state index is 6.05. The van der Waals surface area contributed by atoms with E-state index in [0.717, 1.165) is 46.7 Å². The number of hydrogen-bond donors (Lipinski definition) is 1. The number of aryl methyl sites for hydroxylation is 1. The molecule has 1 fully saturated rings. The summed E-state index contributed by atoms with van der Waals surface area (Å²) in [5.74, 6) is 2.27. The molecule has 192 valence electrons. The van der Waals surface area contributed by atoms with Gasteiger partial charge in [0.25, 0.3) is 0 Å². The van der Waals surface area contributed by atoms with Gasteiger partial charge in [-0.3, -0.25) is 0 Å². The minimum atomic E-state index is 0.369. The fourth-order valence-corrected chi connectivity index (χ4v) is 4.35. The first-order chi connectivity index (χ1) is 18.1. The van der Waals surface area contributed by atoms with Crippen LogP contribution in [0.2, 0.25) is 0 Å². The predicted octanol–water partition coefficient (Wildman–Crippen LogP) is 5.16. The third kappa shape index (κ3) is 5.86. The van der Waals surface area contributed by atoms with Crippen molar-refractivity contribution in [3.05, 3.63) is 71.8 Å². The summed E-state index contributed by atoms with van der Waals surface area (Å²) < 4.78 is 22.4. The lowest BCUT2D eigenvalue weighted by Crippen LogP contribution is -2.37. The highest BCUT2D eigenvalue weighted by Gasteiger charge is 2.18. The van der Waals surface area contributed by atoms with Gasteiger partial charge in [0.1, 0.15) is 5.82 Å². The number of nitrogens with zero attached hydrogens (tertiary/aromatic N) is 3. The first-order valence-corrected chi connectivity index (χ1v) is 12.4. The van der Waals surface area contributed by atoms with Crippen LogP contribution in [0.5, 0.6) is 17.5 Å². The Balaban J connectivity index is 1.38. The van der Waals surface area contributed by atoms with Gasteiger partial charge in [-0.15, -0.1) is 0 Å². The minimum Gasteiger partial charge on any atom is -0.493 e. The summed E-state index contributed by atoms with van der Waals surface area (Å²) in [4.78, 5) is 11.8. The maximum absolute atomic E-state index is 6.05. The Bertz CT molecular complexity index is 1350. The number of hydrogen-bond acceptors (Lipinski definition) is 8. The van der Waals surface area contributed by atoms with E-state index in [0.29, 0.717) is 43.8 Å². The molecule has 8 heteroatoms. The Morgan fingerprint density at radius 3 is 2.38 bits per heavy atom. The fourth-order valence-electron chi connectivity index (χ4n) is 4.35. The second-order valence-corrected chi connectivity index (χ2v) is 8.94. The molecule has 0 aliphatic carbocycles. The van der Waals surface area contributed by atoms with Crippen molar-refractivity contribution in [1.82, 2.24) is 9.97 Å². The first-order valence-electron chi connectivity index (χ1n) is 12.4. The number of rotatable bonds is 9. The van der Waals surface area contributed by atoms with Crippen molar-refractivity contribution in [2.24, 2.45) is 0 Å². The number of fused-ring (bicyclic) bond motifs is 1. The van der Waals surface area contributed by atoms with Crippen LogP contribution in [0.15, 0.2) is 60.7 Å². The maximum Gasteiger partial charge on any atom is 0.318 e. The van der Waals surface area contributed by atoms with Crippen LogP contribution in [0, 0.1) is 6.92 Å². The summed E-state index contributed by atoms with van der Waals surface area (Å²) in [5.41, 5.74) is 5.17. The number of ether oxygens (including phenoxy) is 4. The Morgan fingerprint density at radius 1 is 0.865 bits per heavy atom. The zero-order valence-electron chi connectivity index (χ0n) is 21.5. The summed E-state index contributed by atoms with van der Waals surface area (Å²) in [5, 5.41) is 4.47. The number of aromatic nitrogens is 2. The predicted molar refractivity (Wildman–Crippen MR) is 146 cm³/mol. The topological polar surface area (TPSA) is 78.0 Å². The molecule has 0 saturated carbocycles. The van der Waals surface area contributed by atoms with Gasteiger partial charge in [-0.1, -0.05) is 23.8 Å². The summed E-state index contributed by atoms with van der Waals surface area (Å²) >= 11 is 0. The third-order valence-electron chi connectivity index (χ3n) is 6.38. The summed E-state index contributed by atoms with van der Waals surface area (Å²) in [6.07, 6.45) is 0.689. The Labute approximate surface area is 217 Å². The molecule has 0 spiro atoms. The molecule has 0 amide bonds. The van der Waals surface area contributed by atoms with E-state index in [1.54, 1.807) is 14.2 Å². The van der Waals surface area contributed by atoms with Crippen molar-refractivity contribution in [3.8, 4) is 17.5 Å². The van der Waals surface area contributed by atoms with Gasteiger partial charge in [-0.05, 0) is 55.0 Å². The van der Waals surface area contributed by atoms with Crippen LogP contribution in [0.3, 0.4) is 0 Å². The van der Waals surface area contributed by atoms with Crippen LogP contribution < -0.4 is 24.4 Å². The Morgan fingerprint density at radius 2 is 1.62 bits per heavy atom. The van der Waals surface area contributed by atoms with Crippen LogP contribution >= 0.6 is 0 Å². The quantitative estimate of drug-likeness (QED) is 0.338. The number of nitrogens with one attached hydrogen (secondary N) is 1. The molecular formula is C29H32N4O4. The van der Waals surface area contributed by atoms with E-state index in [1.165, 1.54) is 5.56 Å². The summed E-state index contributed by atoms with van der Waals surface area (Å²) in [7, 11) is 3.27. The lowest BCUT2D eigenvalue weighted by Gasteiger charge is -2.29. The number of benzene rings is 3. The zero-order valence-corrected chi connectivity index (χ0v) is 21.5. The van der Waals surface area contributed by atoms with E-state index < -0.39 is 0 Å². The smallest absolute Gasteiger partial charge is 0.318 e. The van der Waals surface area contributed by atoms with E-state index in [4.69, 9.17) is 28.9 Å². The Kier molecular flexibility index (Phi) is 7.56. The summed E-state index contributed by atoms with van der Waals surface area (Å²) in [6, 6.07) is 20.7. The van der Waals surface area contributed by atoms with Gasteiger partial charge >= 0.3 is 6.01 Å². The molecule has 1 saturated heterocycles. The van der Waals surface area contributed by atoms with Crippen LogP contribution in [-0.2, 0) is 11.2 Å². The second kappa shape index (κ2) is 11.3. The van der Waals surface area contributed by atoms with Crippen molar-refractivity contribution in [2.75, 3.05) is 57.3 Å². The highest BCUT2D eigenvalue weighted by molar-refractivity contribution is 5.93. The molecule has 3 aromatic carbocycles. The number of methoxy groups -OCH3 is 2. The molecule has 0 atom stereocenters. The molecule has 1 aromatic heterocycles. The van der Waals surface area contributed by atoms with E-state index in [-0.39, 0.29) is 0 Å². The lowest BCUT2D eigenvalue weighted by molar-refractivity contribution is 0.122. The molecule has 0 bridgehead atoms. The molecule has 1 aliphatic heterocycles. The van der Waals surface area contributed by atoms with Crippen LogP contribution in [0.25, 0.3) is 10.9 Å². The van der Waals surface area contributed by atoms with E-state index >= 15 is 0 Å². The van der Waals surface area contributed by atoms with Crippen molar-refractivity contribution < 1.29 is 18.9 Å². The normalized spacial score (nSPS) is 13.4. The molecular weight excluding hydrogens is 468 g/mol. The van der Waals surface area contributed by atoms with Crippen molar-refractivity contribution >= 4 is 28.1 Å². The van der Waals surface area contributed by atoms with Gasteiger partial charge in [-0.25, -0.2) is 0 Å². The van der Waals surface area contributed by atoms with E-state index in [9.17, 15) is 0 Å². The third-order valence-corrected chi connectivity index (χ3v) is 6.38. The highest BCUT2D eigenvalue weighted by atomic mass is 16.5. The Hall–Kier alpha value is -4.04. The molecule has 37 heavy (non-hydrogen) atoms. The molecule has 8 nitrogen and oxygen atoms in total. The lowest BCUT2D eigenvalue weighted by atomic mass is 10.1. The average Bonchev–Trinajstić information content (AvgIpc) is 2.94. The van der Waals surface area contributed by atoms with Gasteiger partial charge in [0, 0.05) is 36.3 Å². The van der Waals surface area contributed by atoms with Crippen molar-refractivity contribution in [2.45, 2.75) is 13.3 Å². The molecule has 0 radical (unpaired) electrons. The zero-order chi connectivity index (χ0) is 25.6. The van der Waals surface area contributed by atoms with Crippen molar-refractivity contribution in [1.29, 1.82) is 0 Å².